The zero-order valence-electron chi connectivity index (χ0n) is 10.4. The Morgan fingerprint density at radius 2 is 2.16 bits per heavy atom. The first kappa shape index (κ1) is 15.2. The van der Waals surface area contributed by atoms with Gasteiger partial charge in [0.1, 0.15) is 0 Å². The molecule has 0 fully saturated rings. The van der Waals surface area contributed by atoms with Crippen LogP contribution in [0.25, 0.3) is 0 Å². The van der Waals surface area contributed by atoms with Gasteiger partial charge in [0.2, 0.25) is 0 Å². The third-order valence-corrected chi connectivity index (χ3v) is 3.03. The molecule has 6 heteroatoms. The van der Waals surface area contributed by atoms with Crippen LogP contribution < -0.4 is 0 Å². The summed E-state index contributed by atoms with van der Waals surface area (Å²) in [5.41, 5.74) is 1.06. The Labute approximate surface area is 112 Å². The lowest BCUT2D eigenvalue weighted by atomic mass is 10.1. The molecule has 1 N–H and O–H groups in total. The highest BCUT2D eigenvalue weighted by atomic mass is 32.2. The van der Waals surface area contributed by atoms with Gasteiger partial charge in [-0.3, -0.25) is 4.55 Å². The molecule has 1 rings (SSSR count). The number of hydrogen-bond donors (Lipinski definition) is 1. The second kappa shape index (κ2) is 6.92. The van der Waals surface area contributed by atoms with E-state index >= 15 is 0 Å². The summed E-state index contributed by atoms with van der Waals surface area (Å²) < 4.78 is 34.1. The fraction of sp³-hybridized carbons (Fsp3) is 0.308. The van der Waals surface area contributed by atoms with Crippen LogP contribution in [-0.2, 0) is 14.9 Å². The molecule has 0 aliphatic carbocycles. The number of ether oxygens (including phenoxy) is 1. The van der Waals surface area contributed by atoms with E-state index in [4.69, 9.17) is 4.55 Å². The molecule has 0 aliphatic heterocycles. The van der Waals surface area contributed by atoms with Crippen LogP contribution in [0.3, 0.4) is 0 Å². The summed E-state index contributed by atoms with van der Waals surface area (Å²) in [6.07, 6.45) is 0.616. The Morgan fingerprint density at radius 3 is 2.79 bits per heavy atom. The van der Waals surface area contributed by atoms with Crippen LogP contribution in [0, 0.1) is 11.8 Å². The number of carbonyl (C=O) groups excluding carboxylic acids is 1. The van der Waals surface area contributed by atoms with Crippen molar-refractivity contribution in [2.24, 2.45) is 0 Å². The number of carbonyl (C=O) groups is 1. The number of rotatable bonds is 4. The maximum Gasteiger partial charge on any atom is 0.337 e. The number of hydrogen-bond acceptors (Lipinski definition) is 4. The van der Waals surface area contributed by atoms with Crippen molar-refractivity contribution in [1.82, 2.24) is 0 Å². The lowest BCUT2D eigenvalue weighted by molar-refractivity contribution is 0.0600. The molecule has 0 aliphatic rings. The van der Waals surface area contributed by atoms with E-state index in [1.165, 1.54) is 7.11 Å². The van der Waals surface area contributed by atoms with Gasteiger partial charge in [0.25, 0.3) is 10.1 Å². The Hall–Kier alpha value is -1.84. The molecule has 1 aromatic carbocycles. The maximum atomic E-state index is 11.3. The van der Waals surface area contributed by atoms with Crippen molar-refractivity contribution in [3.8, 4) is 11.8 Å². The van der Waals surface area contributed by atoms with E-state index in [1.807, 2.05) is 0 Å². The van der Waals surface area contributed by atoms with Crippen LogP contribution in [-0.4, -0.2) is 31.8 Å². The molecule has 0 amide bonds. The molecule has 0 radical (unpaired) electrons. The zero-order chi connectivity index (χ0) is 14.3. The minimum Gasteiger partial charge on any atom is -0.465 e. The molecule has 19 heavy (non-hydrogen) atoms. The van der Waals surface area contributed by atoms with E-state index in [9.17, 15) is 13.2 Å². The molecule has 0 aromatic heterocycles. The van der Waals surface area contributed by atoms with Crippen molar-refractivity contribution in [1.29, 1.82) is 0 Å². The summed E-state index contributed by atoms with van der Waals surface area (Å²) in [4.78, 5) is 11.3. The summed E-state index contributed by atoms with van der Waals surface area (Å²) in [6, 6.07) is 6.65. The molecule has 0 saturated carbocycles. The number of methoxy groups -OCH3 is 1. The first-order valence-electron chi connectivity index (χ1n) is 5.55. The van der Waals surface area contributed by atoms with Crippen molar-refractivity contribution in [2.45, 2.75) is 12.8 Å². The molecule has 5 nitrogen and oxygen atoms in total. The zero-order valence-corrected chi connectivity index (χ0v) is 11.2. The third-order valence-electron chi connectivity index (χ3n) is 2.22. The van der Waals surface area contributed by atoms with Gasteiger partial charge in [0.15, 0.2) is 0 Å². The van der Waals surface area contributed by atoms with Crippen molar-refractivity contribution >= 4 is 16.1 Å². The van der Waals surface area contributed by atoms with Gasteiger partial charge in [-0.25, -0.2) is 4.79 Å². The van der Waals surface area contributed by atoms with Gasteiger partial charge in [-0.1, -0.05) is 17.9 Å². The Kier molecular flexibility index (Phi) is 5.55. The topological polar surface area (TPSA) is 80.7 Å². The minimum atomic E-state index is -3.92. The summed E-state index contributed by atoms with van der Waals surface area (Å²) >= 11 is 0. The van der Waals surface area contributed by atoms with Crippen molar-refractivity contribution in [2.75, 3.05) is 12.9 Å². The third kappa shape index (κ3) is 6.04. The van der Waals surface area contributed by atoms with Crippen LogP contribution in [0.5, 0.6) is 0 Å². The highest BCUT2D eigenvalue weighted by Crippen LogP contribution is 2.05. The first-order valence-corrected chi connectivity index (χ1v) is 7.16. The van der Waals surface area contributed by atoms with Crippen molar-refractivity contribution in [3.05, 3.63) is 35.4 Å². The molecule has 0 heterocycles. The highest BCUT2D eigenvalue weighted by molar-refractivity contribution is 7.85. The van der Waals surface area contributed by atoms with E-state index in [2.05, 4.69) is 16.6 Å². The first-order chi connectivity index (χ1) is 8.92. The second-order valence-electron chi connectivity index (χ2n) is 3.76. The molecular formula is C13H14O5S. The highest BCUT2D eigenvalue weighted by Gasteiger charge is 2.04. The Bertz CT molecular complexity index is 607. The monoisotopic (exact) mass is 282 g/mol. The van der Waals surface area contributed by atoms with E-state index in [1.54, 1.807) is 24.3 Å². The second-order valence-corrected chi connectivity index (χ2v) is 5.34. The molecule has 0 saturated heterocycles. The fourth-order valence-corrected chi connectivity index (χ4v) is 1.86. The SMILES string of the molecule is COC(=O)c1cccc(C#CCCCS(=O)(=O)O)c1. The average Bonchev–Trinajstić information content (AvgIpc) is 2.36. The summed E-state index contributed by atoms with van der Waals surface area (Å²) in [7, 11) is -2.62. The molecule has 102 valence electrons. The molecular weight excluding hydrogens is 268 g/mol. The summed E-state index contributed by atoms with van der Waals surface area (Å²) in [5.74, 6) is 4.86. The van der Waals surface area contributed by atoms with Crippen LogP contribution in [0.4, 0.5) is 0 Å². The Morgan fingerprint density at radius 1 is 1.42 bits per heavy atom. The molecule has 0 spiro atoms. The maximum absolute atomic E-state index is 11.3. The van der Waals surface area contributed by atoms with E-state index in [0.29, 0.717) is 17.5 Å². The fourth-order valence-electron chi connectivity index (χ4n) is 1.35. The van der Waals surface area contributed by atoms with Crippen LogP contribution >= 0.6 is 0 Å². The van der Waals surface area contributed by atoms with Gasteiger partial charge in [0, 0.05) is 12.0 Å². The van der Waals surface area contributed by atoms with E-state index in [0.717, 1.165) is 0 Å². The molecule has 0 atom stereocenters. The Balaban J connectivity index is 2.61. The van der Waals surface area contributed by atoms with E-state index < -0.39 is 16.1 Å². The van der Waals surface area contributed by atoms with Crippen LogP contribution in [0.1, 0.15) is 28.8 Å². The number of benzene rings is 1. The van der Waals surface area contributed by atoms with Gasteiger partial charge in [0.05, 0.1) is 18.4 Å². The summed E-state index contributed by atoms with van der Waals surface area (Å²) in [5, 5.41) is 0. The number of esters is 1. The van der Waals surface area contributed by atoms with Gasteiger partial charge in [-0.2, -0.15) is 8.42 Å². The van der Waals surface area contributed by atoms with Crippen molar-refractivity contribution in [3.63, 3.8) is 0 Å². The predicted octanol–water partition coefficient (Wildman–Crippen LogP) is 1.49. The van der Waals surface area contributed by atoms with Crippen molar-refractivity contribution < 1.29 is 22.5 Å². The minimum absolute atomic E-state index is 0.266. The number of unbranched alkanes of at least 4 members (excludes halogenated alkanes) is 1. The molecule has 0 unspecified atom stereocenters. The average molecular weight is 282 g/mol. The van der Waals surface area contributed by atoms with Gasteiger partial charge >= 0.3 is 5.97 Å². The molecule has 1 aromatic rings. The lowest BCUT2D eigenvalue weighted by Gasteiger charge is -1.98. The predicted molar refractivity (Wildman–Crippen MR) is 70.3 cm³/mol. The summed E-state index contributed by atoms with van der Waals surface area (Å²) in [6.45, 7) is 0. The van der Waals surface area contributed by atoms with E-state index in [-0.39, 0.29) is 12.2 Å². The van der Waals surface area contributed by atoms with Crippen LogP contribution in [0.15, 0.2) is 24.3 Å². The smallest absolute Gasteiger partial charge is 0.337 e. The van der Waals surface area contributed by atoms with Crippen LogP contribution in [0.2, 0.25) is 0 Å². The van der Waals surface area contributed by atoms with Gasteiger partial charge < -0.3 is 4.74 Å². The largest absolute Gasteiger partial charge is 0.465 e. The standard InChI is InChI=1S/C13H14O5S/c1-18-13(14)12-8-5-7-11(10-12)6-3-2-4-9-19(15,16)17/h5,7-8,10H,2,4,9H2,1H3,(H,15,16,17). The molecule has 0 bridgehead atoms. The normalized spacial score (nSPS) is 10.4. The lowest BCUT2D eigenvalue weighted by Crippen LogP contribution is -2.02. The van der Waals surface area contributed by atoms with Gasteiger partial charge in [-0.15, -0.1) is 0 Å². The van der Waals surface area contributed by atoms with Gasteiger partial charge in [-0.05, 0) is 24.6 Å². The quantitative estimate of drug-likeness (QED) is 0.392.